The van der Waals surface area contributed by atoms with Gasteiger partial charge >= 0.3 is 0 Å². The predicted molar refractivity (Wildman–Crippen MR) is 67.0 cm³/mol. The fourth-order valence-corrected chi connectivity index (χ4v) is 2.37. The average molecular weight is 228 g/mol. The van der Waals surface area contributed by atoms with Gasteiger partial charge in [-0.25, -0.2) is 4.98 Å². The maximum atomic E-state index is 5.92. The first-order chi connectivity index (χ1) is 8.42. The Hall–Kier alpha value is -1.64. The number of pyridine rings is 2. The second-order valence-corrected chi connectivity index (χ2v) is 4.60. The summed E-state index contributed by atoms with van der Waals surface area (Å²) >= 11 is 0. The zero-order valence-corrected chi connectivity index (χ0v) is 9.80. The van der Waals surface area contributed by atoms with Gasteiger partial charge in [-0.15, -0.1) is 0 Å². The molecule has 2 aromatic rings. The van der Waals surface area contributed by atoms with Crippen LogP contribution in [0.4, 0.5) is 0 Å². The second kappa shape index (κ2) is 4.70. The van der Waals surface area contributed by atoms with Gasteiger partial charge in [-0.2, -0.15) is 0 Å². The number of ether oxygens (including phenoxy) is 1. The highest BCUT2D eigenvalue weighted by Crippen LogP contribution is 2.23. The predicted octanol–water partition coefficient (Wildman–Crippen LogP) is 3.34. The van der Waals surface area contributed by atoms with Crippen LogP contribution in [0.2, 0.25) is 0 Å². The number of rotatable bonds is 2. The first-order valence-electron chi connectivity index (χ1n) is 6.29. The molecule has 0 bridgehead atoms. The molecule has 1 saturated carbocycles. The van der Waals surface area contributed by atoms with Crippen molar-refractivity contribution in [3.05, 3.63) is 30.6 Å². The molecule has 3 heteroatoms. The lowest BCUT2D eigenvalue weighted by atomic mass is 9.98. The van der Waals surface area contributed by atoms with Crippen LogP contribution in [-0.2, 0) is 0 Å². The van der Waals surface area contributed by atoms with Crippen LogP contribution in [0.25, 0.3) is 10.9 Å². The summed E-state index contributed by atoms with van der Waals surface area (Å²) in [4.78, 5) is 8.57. The molecule has 1 aliphatic carbocycles. The molecule has 1 aliphatic rings. The minimum atomic E-state index is 0.352. The van der Waals surface area contributed by atoms with Crippen molar-refractivity contribution >= 4 is 10.9 Å². The minimum Gasteiger partial charge on any atom is -0.474 e. The fourth-order valence-electron chi connectivity index (χ4n) is 2.37. The van der Waals surface area contributed by atoms with Crippen LogP contribution in [0, 0.1) is 0 Å². The summed E-state index contributed by atoms with van der Waals surface area (Å²) in [5, 5.41) is 1.11. The Morgan fingerprint density at radius 3 is 2.82 bits per heavy atom. The first kappa shape index (κ1) is 10.5. The number of hydrogen-bond donors (Lipinski definition) is 0. The lowest BCUT2D eigenvalue weighted by molar-refractivity contribution is 0.149. The van der Waals surface area contributed by atoms with Gasteiger partial charge < -0.3 is 4.74 Å². The van der Waals surface area contributed by atoms with Gasteiger partial charge in [0.2, 0.25) is 5.88 Å². The minimum absolute atomic E-state index is 0.352. The van der Waals surface area contributed by atoms with Crippen molar-refractivity contribution in [2.45, 2.75) is 38.2 Å². The topological polar surface area (TPSA) is 35.0 Å². The molecular formula is C14H16N2O. The van der Waals surface area contributed by atoms with Crippen LogP contribution < -0.4 is 4.74 Å². The molecule has 0 saturated heterocycles. The Balaban J connectivity index is 1.80. The van der Waals surface area contributed by atoms with Crippen molar-refractivity contribution in [2.24, 2.45) is 0 Å². The zero-order chi connectivity index (χ0) is 11.5. The highest BCUT2D eigenvalue weighted by molar-refractivity contribution is 5.77. The largest absolute Gasteiger partial charge is 0.474 e. The van der Waals surface area contributed by atoms with E-state index in [-0.39, 0.29) is 0 Å². The van der Waals surface area contributed by atoms with Gasteiger partial charge in [-0.1, -0.05) is 6.42 Å². The van der Waals surface area contributed by atoms with Gasteiger partial charge in [0.1, 0.15) is 6.10 Å². The molecule has 0 aliphatic heterocycles. The van der Waals surface area contributed by atoms with E-state index in [1.807, 2.05) is 18.2 Å². The Kier molecular flexibility index (Phi) is 2.90. The third kappa shape index (κ3) is 2.38. The smallest absolute Gasteiger partial charge is 0.214 e. The molecule has 3 rings (SSSR count). The summed E-state index contributed by atoms with van der Waals surface area (Å²) in [7, 11) is 0. The summed E-state index contributed by atoms with van der Waals surface area (Å²) in [6.07, 6.45) is 10.1. The molecule has 0 amide bonds. The molecule has 2 aromatic heterocycles. The third-order valence-corrected chi connectivity index (χ3v) is 3.31. The lowest BCUT2D eigenvalue weighted by Gasteiger charge is -2.22. The van der Waals surface area contributed by atoms with Crippen molar-refractivity contribution in [3.8, 4) is 5.88 Å². The van der Waals surface area contributed by atoms with Gasteiger partial charge in [-0.05, 0) is 37.8 Å². The normalized spacial score (nSPS) is 17.2. The Bertz CT molecular complexity index is 506. The molecule has 2 heterocycles. The van der Waals surface area contributed by atoms with E-state index >= 15 is 0 Å². The third-order valence-electron chi connectivity index (χ3n) is 3.31. The first-order valence-corrected chi connectivity index (χ1v) is 6.29. The quantitative estimate of drug-likeness (QED) is 0.790. The molecule has 0 unspecified atom stereocenters. The van der Waals surface area contributed by atoms with Crippen LogP contribution >= 0.6 is 0 Å². The summed E-state index contributed by atoms with van der Waals surface area (Å²) in [6, 6.07) is 5.96. The fraction of sp³-hybridized carbons (Fsp3) is 0.429. The Morgan fingerprint density at radius 1 is 1.06 bits per heavy atom. The summed E-state index contributed by atoms with van der Waals surface area (Å²) < 4.78 is 5.92. The molecule has 0 aromatic carbocycles. The lowest BCUT2D eigenvalue weighted by Crippen LogP contribution is -2.20. The highest BCUT2D eigenvalue weighted by atomic mass is 16.5. The van der Waals surface area contributed by atoms with E-state index in [2.05, 4.69) is 9.97 Å². The molecular weight excluding hydrogens is 212 g/mol. The maximum Gasteiger partial charge on any atom is 0.214 e. The SMILES string of the molecule is c1cc2ccc(OC3CCCCC3)nc2cn1. The molecule has 88 valence electrons. The number of aromatic nitrogens is 2. The van der Waals surface area contributed by atoms with Crippen molar-refractivity contribution in [1.82, 2.24) is 9.97 Å². The molecule has 17 heavy (non-hydrogen) atoms. The molecule has 3 nitrogen and oxygen atoms in total. The molecule has 1 fully saturated rings. The van der Waals surface area contributed by atoms with E-state index in [0.29, 0.717) is 6.10 Å². The van der Waals surface area contributed by atoms with Crippen LogP contribution in [0.1, 0.15) is 32.1 Å². The van der Waals surface area contributed by atoms with Crippen molar-refractivity contribution in [1.29, 1.82) is 0 Å². The second-order valence-electron chi connectivity index (χ2n) is 4.60. The van der Waals surface area contributed by atoms with E-state index in [0.717, 1.165) is 29.6 Å². The average Bonchev–Trinajstić information content (AvgIpc) is 2.40. The number of hydrogen-bond acceptors (Lipinski definition) is 3. The number of nitrogens with zero attached hydrogens (tertiary/aromatic N) is 2. The van der Waals surface area contributed by atoms with Crippen LogP contribution in [0.5, 0.6) is 5.88 Å². The summed E-state index contributed by atoms with van der Waals surface area (Å²) in [6.45, 7) is 0. The zero-order valence-electron chi connectivity index (χ0n) is 9.80. The van der Waals surface area contributed by atoms with Crippen molar-refractivity contribution in [3.63, 3.8) is 0 Å². The molecule has 0 N–H and O–H groups in total. The van der Waals surface area contributed by atoms with Gasteiger partial charge in [0.15, 0.2) is 0 Å². The van der Waals surface area contributed by atoms with E-state index in [4.69, 9.17) is 4.74 Å². The van der Waals surface area contributed by atoms with E-state index in [9.17, 15) is 0 Å². The van der Waals surface area contributed by atoms with E-state index < -0.39 is 0 Å². The summed E-state index contributed by atoms with van der Waals surface area (Å²) in [5.41, 5.74) is 0.904. The highest BCUT2D eigenvalue weighted by Gasteiger charge is 2.15. The van der Waals surface area contributed by atoms with E-state index in [1.165, 1.54) is 19.3 Å². The van der Waals surface area contributed by atoms with E-state index in [1.54, 1.807) is 12.4 Å². The standard InChI is InChI=1S/C14H16N2O/c1-2-4-12(5-3-1)17-14-7-6-11-8-9-15-10-13(11)16-14/h6-10,12H,1-5H2. The van der Waals surface area contributed by atoms with Gasteiger partial charge in [0, 0.05) is 17.6 Å². The van der Waals surface area contributed by atoms with Crippen molar-refractivity contribution in [2.75, 3.05) is 0 Å². The van der Waals surface area contributed by atoms with Gasteiger partial charge in [0.25, 0.3) is 0 Å². The Morgan fingerprint density at radius 2 is 1.94 bits per heavy atom. The summed E-state index contributed by atoms with van der Waals surface area (Å²) in [5.74, 6) is 0.734. The van der Waals surface area contributed by atoms with Gasteiger partial charge in [-0.3, -0.25) is 4.98 Å². The van der Waals surface area contributed by atoms with Crippen molar-refractivity contribution < 1.29 is 4.74 Å². The molecule has 0 radical (unpaired) electrons. The van der Waals surface area contributed by atoms with Crippen LogP contribution in [0.3, 0.4) is 0 Å². The molecule has 0 atom stereocenters. The Labute approximate surface area is 101 Å². The van der Waals surface area contributed by atoms with Gasteiger partial charge in [0.05, 0.1) is 11.7 Å². The number of fused-ring (bicyclic) bond motifs is 1. The maximum absolute atomic E-state index is 5.92. The van der Waals surface area contributed by atoms with Crippen LogP contribution in [-0.4, -0.2) is 16.1 Å². The molecule has 0 spiro atoms. The monoisotopic (exact) mass is 228 g/mol. The van der Waals surface area contributed by atoms with Crippen LogP contribution in [0.15, 0.2) is 30.6 Å².